The van der Waals surface area contributed by atoms with Crippen molar-refractivity contribution in [1.29, 1.82) is 0 Å². The minimum atomic E-state index is -0.418. The van der Waals surface area contributed by atoms with Crippen LogP contribution in [0.15, 0.2) is 30.3 Å². The molecule has 1 aliphatic heterocycles. The van der Waals surface area contributed by atoms with Gasteiger partial charge >= 0.3 is 0 Å². The second kappa shape index (κ2) is 4.95. The van der Waals surface area contributed by atoms with Crippen molar-refractivity contribution in [3.63, 3.8) is 0 Å². The molecule has 0 spiro atoms. The molecule has 88 valence electrons. The Labute approximate surface area is 96.8 Å². The van der Waals surface area contributed by atoms with E-state index in [4.69, 9.17) is 9.47 Å². The molecule has 16 heavy (non-hydrogen) atoms. The largest absolute Gasteiger partial charge is 0.348 e. The fourth-order valence-corrected chi connectivity index (χ4v) is 1.84. The maximum atomic E-state index is 5.70. The van der Waals surface area contributed by atoms with Gasteiger partial charge in [0.25, 0.3) is 0 Å². The highest BCUT2D eigenvalue weighted by Crippen LogP contribution is 2.21. The van der Waals surface area contributed by atoms with Crippen LogP contribution in [0.5, 0.6) is 0 Å². The standard InChI is InChI=1S/C13H19NO2/c1-13(2)15-10-12(16-13)9-14-8-11-6-4-3-5-7-11/h3-7,12,14H,8-10H2,1-2H3/t12-/m0/s1. The Kier molecular flexibility index (Phi) is 3.59. The highest BCUT2D eigenvalue weighted by Gasteiger charge is 2.32. The van der Waals surface area contributed by atoms with E-state index in [1.807, 2.05) is 19.9 Å². The summed E-state index contributed by atoms with van der Waals surface area (Å²) in [4.78, 5) is 0. The SMILES string of the molecule is CC1(C)OC[C@H](CNCc2ccccc2)O1. The molecule has 0 bridgehead atoms. The monoisotopic (exact) mass is 221 g/mol. The van der Waals surface area contributed by atoms with E-state index < -0.39 is 5.79 Å². The summed E-state index contributed by atoms with van der Waals surface area (Å²) >= 11 is 0. The van der Waals surface area contributed by atoms with E-state index in [0.717, 1.165) is 13.1 Å². The fraction of sp³-hybridized carbons (Fsp3) is 0.538. The van der Waals surface area contributed by atoms with Gasteiger partial charge < -0.3 is 14.8 Å². The first-order valence-corrected chi connectivity index (χ1v) is 5.72. The molecule has 1 atom stereocenters. The lowest BCUT2D eigenvalue weighted by Crippen LogP contribution is -2.30. The summed E-state index contributed by atoms with van der Waals surface area (Å²) in [7, 11) is 0. The molecule has 1 aliphatic rings. The highest BCUT2D eigenvalue weighted by molar-refractivity contribution is 5.14. The van der Waals surface area contributed by atoms with Gasteiger partial charge in [-0.2, -0.15) is 0 Å². The molecule has 0 aromatic heterocycles. The fourth-order valence-electron chi connectivity index (χ4n) is 1.84. The van der Waals surface area contributed by atoms with E-state index >= 15 is 0 Å². The maximum Gasteiger partial charge on any atom is 0.163 e. The first-order chi connectivity index (χ1) is 7.66. The van der Waals surface area contributed by atoms with Crippen molar-refractivity contribution in [3.05, 3.63) is 35.9 Å². The lowest BCUT2D eigenvalue weighted by Gasteiger charge is -2.17. The molecule has 0 aliphatic carbocycles. The zero-order chi connectivity index (χ0) is 11.4. The van der Waals surface area contributed by atoms with Gasteiger partial charge in [0.2, 0.25) is 0 Å². The molecule has 1 fully saturated rings. The summed E-state index contributed by atoms with van der Waals surface area (Å²) in [6.07, 6.45) is 0.165. The smallest absolute Gasteiger partial charge is 0.163 e. The summed E-state index contributed by atoms with van der Waals surface area (Å²) < 4.78 is 11.2. The lowest BCUT2D eigenvalue weighted by atomic mass is 10.2. The number of hydrogen-bond acceptors (Lipinski definition) is 3. The van der Waals surface area contributed by atoms with Gasteiger partial charge in [0.05, 0.1) is 12.7 Å². The lowest BCUT2D eigenvalue weighted by molar-refractivity contribution is -0.137. The van der Waals surface area contributed by atoms with Crippen LogP contribution in [0, 0.1) is 0 Å². The minimum Gasteiger partial charge on any atom is -0.348 e. The number of rotatable bonds is 4. The normalized spacial score (nSPS) is 23.5. The number of hydrogen-bond donors (Lipinski definition) is 1. The average Bonchev–Trinajstić information content (AvgIpc) is 2.60. The van der Waals surface area contributed by atoms with Crippen molar-refractivity contribution < 1.29 is 9.47 Å². The molecule has 1 saturated heterocycles. The molecule has 2 rings (SSSR count). The topological polar surface area (TPSA) is 30.5 Å². The second-order valence-corrected chi connectivity index (χ2v) is 4.57. The van der Waals surface area contributed by atoms with Crippen molar-refractivity contribution in [1.82, 2.24) is 5.32 Å². The molecule has 3 heteroatoms. The summed E-state index contributed by atoms with van der Waals surface area (Å²) in [5, 5.41) is 3.38. The Morgan fingerprint density at radius 2 is 2.06 bits per heavy atom. The van der Waals surface area contributed by atoms with E-state index in [1.165, 1.54) is 5.56 Å². The average molecular weight is 221 g/mol. The minimum absolute atomic E-state index is 0.165. The van der Waals surface area contributed by atoms with Gasteiger partial charge in [-0.1, -0.05) is 30.3 Å². The van der Waals surface area contributed by atoms with Crippen LogP contribution in [-0.2, 0) is 16.0 Å². The summed E-state index contributed by atoms with van der Waals surface area (Å²) in [6.45, 7) is 6.28. The predicted octanol–water partition coefficient (Wildman–Crippen LogP) is 1.93. The van der Waals surface area contributed by atoms with Crippen LogP contribution < -0.4 is 5.32 Å². The van der Waals surface area contributed by atoms with Gasteiger partial charge in [-0.3, -0.25) is 0 Å². The van der Waals surface area contributed by atoms with Gasteiger partial charge in [0.1, 0.15) is 0 Å². The van der Waals surface area contributed by atoms with Crippen molar-refractivity contribution in [2.75, 3.05) is 13.2 Å². The molecule has 1 aromatic carbocycles. The summed E-state index contributed by atoms with van der Waals surface area (Å²) in [6, 6.07) is 10.4. The molecule has 0 radical (unpaired) electrons. The van der Waals surface area contributed by atoms with Crippen LogP contribution in [0.25, 0.3) is 0 Å². The molecule has 0 unspecified atom stereocenters. The zero-order valence-corrected chi connectivity index (χ0v) is 9.90. The molecule has 0 amide bonds. The number of ether oxygens (including phenoxy) is 2. The Hall–Kier alpha value is -0.900. The Morgan fingerprint density at radius 1 is 1.31 bits per heavy atom. The Morgan fingerprint density at radius 3 is 2.69 bits per heavy atom. The first-order valence-electron chi connectivity index (χ1n) is 5.72. The van der Waals surface area contributed by atoms with Crippen LogP contribution in [0.1, 0.15) is 19.4 Å². The quantitative estimate of drug-likeness (QED) is 0.842. The molecule has 3 nitrogen and oxygen atoms in total. The van der Waals surface area contributed by atoms with Gasteiger partial charge in [0.15, 0.2) is 5.79 Å². The van der Waals surface area contributed by atoms with E-state index in [9.17, 15) is 0 Å². The third kappa shape index (κ3) is 3.30. The van der Waals surface area contributed by atoms with Gasteiger partial charge in [-0.25, -0.2) is 0 Å². The Balaban J connectivity index is 1.70. The number of nitrogens with one attached hydrogen (secondary N) is 1. The van der Waals surface area contributed by atoms with Crippen LogP contribution in [0.4, 0.5) is 0 Å². The summed E-state index contributed by atoms with van der Waals surface area (Å²) in [5.74, 6) is -0.418. The molecular formula is C13H19NO2. The van der Waals surface area contributed by atoms with Crippen LogP contribution in [0.2, 0.25) is 0 Å². The highest BCUT2D eigenvalue weighted by atomic mass is 16.7. The van der Waals surface area contributed by atoms with Crippen molar-refractivity contribution in [2.45, 2.75) is 32.3 Å². The maximum absolute atomic E-state index is 5.70. The third-order valence-electron chi connectivity index (χ3n) is 2.61. The third-order valence-corrected chi connectivity index (χ3v) is 2.61. The van der Waals surface area contributed by atoms with Crippen molar-refractivity contribution in [3.8, 4) is 0 Å². The van der Waals surface area contributed by atoms with Crippen LogP contribution in [-0.4, -0.2) is 25.0 Å². The van der Waals surface area contributed by atoms with E-state index in [-0.39, 0.29) is 6.10 Å². The molecule has 1 N–H and O–H groups in total. The van der Waals surface area contributed by atoms with Crippen LogP contribution in [0.3, 0.4) is 0 Å². The molecule has 1 heterocycles. The van der Waals surface area contributed by atoms with E-state index in [2.05, 4.69) is 29.6 Å². The summed E-state index contributed by atoms with van der Waals surface area (Å²) in [5.41, 5.74) is 1.29. The van der Waals surface area contributed by atoms with Crippen molar-refractivity contribution >= 4 is 0 Å². The van der Waals surface area contributed by atoms with E-state index in [1.54, 1.807) is 0 Å². The zero-order valence-electron chi connectivity index (χ0n) is 9.90. The molecule has 0 saturated carbocycles. The van der Waals surface area contributed by atoms with Gasteiger partial charge in [-0.05, 0) is 19.4 Å². The first kappa shape index (κ1) is 11.6. The number of benzene rings is 1. The van der Waals surface area contributed by atoms with E-state index in [0.29, 0.717) is 6.61 Å². The second-order valence-electron chi connectivity index (χ2n) is 4.57. The van der Waals surface area contributed by atoms with Gasteiger partial charge in [-0.15, -0.1) is 0 Å². The van der Waals surface area contributed by atoms with Gasteiger partial charge in [0, 0.05) is 13.1 Å². The Bertz CT molecular complexity index is 324. The molecular weight excluding hydrogens is 202 g/mol. The molecule has 1 aromatic rings. The van der Waals surface area contributed by atoms with Crippen LogP contribution >= 0.6 is 0 Å². The van der Waals surface area contributed by atoms with Crippen molar-refractivity contribution in [2.24, 2.45) is 0 Å². The predicted molar refractivity (Wildman–Crippen MR) is 63.1 cm³/mol.